The van der Waals surface area contributed by atoms with Crippen molar-refractivity contribution >= 4 is 33.5 Å². The molecule has 5 aromatic heterocycles. The first-order chi connectivity index (χ1) is 20.0. The normalized spacial score (nSPS) is 11.3. The van der Waals surface area contributed by atoms with E-state index in [0.717, 1.165) is 38.7 Å². The number of aromatic amines is 2. The van der Waals surface area contributed by atoms with Crippen LogP contribution in [0.4, 0.5) is 10.1 Å². The molecule has 198 valence electrons. The van der Waals surface area contributed by atoms with Gasteiger partial charge in [0.2, 0.25) is 0 Å². The second-order valence-electron chi connectivity index (χ2n) is 9.80. The highest BCUT2D eigenvalue weighted by Gasteiger charge is 2.16. The van der Waals surface area contributed by atoms with Crippen LogP contribution in [0, 0.1) is 12.7 Å². The number of H-pyrrole nitrogens is 2. The molecule has 0 aliphatic heterocycles. The van der Waals surface area contributed by atoms with E-state index < -0.39 is 0 Å². The number of hydrogen-bond acceptors (Lipinski definition) is 5. The smallest absolute Gasteiger partial charge is 0.255 e. The van der Waals surface area contributed by atoms with Gasteiger partial charge in [0.05, 0.1) is 23.3 Å². The highest BCUT2D eigenvalue weighted by atomic mass is 19.1. The number of rotatable bonds is 5. The number of halogens is 1. The summed E-state index contributed by atoms with van der Waals surface area (Å²) in [6.07, 6.45) is 6.78. The summed E-state index contributed by atoms with van der Waals surface area (Å²) in [5.74, 6) is -0.513. The first kappa shape index (κ1) is 24.3. The minimum absolute atomic E-state index is 0.212. The molecule has 0 atom stereocenters. The fourth-order valence-corrected chi connectivity index (χ4v) is 5.01. The number of amides is 1. The number of carbonyl (C=O) groups is 1. The highest BCUT2D eigenvalue weighted by Crippen LogP contribution is 2.34. The summed E-state index contributed by atoms with van der Waals surface area (Å²) in [6.45, 7) is 1.86. The molecule has 0 aliphatic carbocycles. The van der Waals surface area contributed by atoms with Gasteiger partial charge in [-0.25, -0.2) is 9.37 Å². The zero-order valence-electron chi connectivity index (χ0n) is 21.8. The van der Waals surface area contributed by atoms with E-state index in [1.165, 1.54) is 12.1 Å². The van der Waals surface area contributed by atoms with E-state index >= 15 is 0 Å². The third kappa shape index (κ3) is 4.59. The van der Waals surface area contributed by atoms with Crippen molar-refractivity contribution < 1.29 is 9.18 Å². The van der Waals surface area contributed by atoms with Gasteiger partial charge in [-0.2, -0.15) is 5.10 Å². The first-order valence-corrected chi connectivity index (χ1v) is 12.9. The summed E-state index contributed by atoms with van der Waals surface area (Å²) in [7, 11) is 0. The summed E-state index contributed by atoms with van der Waals surface area (Å²) < 4.78 is 14.2. The number of nitrogens with zero attached hydrogens (tertiary/aromatic N) is 4. The van der Waals surface area contributed by atoms with Gasteiger partial charge in [-0.1, -0.05) is 18.2 Å². The van der Waals surface area contributed by atoms with E-state index in [-0.39, 0.29) is 11.7 Å². The van der Waals surface area contributed by atoms with Crippen LogP contribution in [0.15, 0.2) is 97.6 Å². The van der Waals surface area contributed by atoms with Crippen LogP contribution in [0.25, 0.3) is 55.7 Å². The Kier molecular flexibility index (Phi) is 5.82. The highest BCUT2D eigenvalue weighted by molar-refractivity contribution is 6.04. The van der Waals surface area contributed by atoms with Crippen molar-refractivity contribution in [2.75, 3.05) is 5.32 Å². The fourth-order valence-electron chi connectivity index (χ4n) is 5.01. The zero-order valence-corrected chi connectivity index (χ0v) is 21.8. The Morgan fingerprint density at radius 3 is 2.54 bits per heavy atom. The third-order valence-electron chi connectivity index (χ3n) is 6.90. The molecule has 3 N–H and O–H groups in total. The number of nitrogens with one attached hydrogen (secondary N) is 3. The van der Waals surface area contributed by atoms with Gasteiger partial charge in [0.15, 0.2) is 5.65 Å². The molecule has 0 unspecified atom stereocenters. The summed E-state index contributed by atoms with van der Waals surface area (Å²) in [6, 6.07) is 21.6. The Morgan fingerprint density at radius 2 is 1.68 bits per heavy atom. The molecule has 9 heteroatoms. The lowest BCUT2D eigenvalue weighted by Gasteiger charge is -2.07. The summed E-state index contributed by atoms with van der Waals surface area (Å²) in [5.41, 5.74) is 7.92. The molecule has 0 bridgehead atoms. The Labute approximate surface area is 233 Å². The van der Waals surface area contributed by atoms with Gasteiger partial charge < -0.3 is 10.3 Å². The van der Waals surface area contributed by atoms with Gasteiger partial charge in [-0.15, -0.1) is 0 Å². The molecule has 1 amide bonds. The molecular weight excluding hydrogens is 517 g/mol. The summed E-state index contributed by atoms with van der Waals surface area (Å²) >= 11 is 0. The van der Waals surface area contributed by atoms with Crippen LogP contribution in [0.1, 0.15) is 15.9 Å². The molecule has 41 heavy (non-hydrogen) atoms. The lowest BCUT2D eigenvalue weighted by molar-refractivity contribution is 0.102. The van der Waals surface area contributed by atoms with Crippen molar-refractivity contribution in [2.24, 2.45) is 0 Å². The van der Waals surface area contributed by atoms with E-state index in [1.54, 1.807) is 36.9 Å². The Hall–Kier alpha value is -5.70. The van der Waals surface area contributed by atoms with Gasteiger partial charge in [0.25, 0.3) is 5.91 Å². The topological polar surface area (TPSA) is 112 Å². The van der Waals surface area contributed by atoms with Gasteiger partial charge in [-0.05, 0) is 67.1 Å². The Morgan fingerprint density at radius 1 is 0.829 bits per heavy atom. The van der Waals surface area contributed by atoms with Gasteiger partial charge >= 0.3 is 0 Å². The van der Waals surface area contributed by atoms with Gasteiger partial charge in [-0.3, -0.25) is 19.9 Å². The molecule has 0 aliphatic rings. The number of fused-ring (bicyclic) bond motifs is 2. The quantitative estimate of drug-likeness (QED) is 0.220. The lowest BCUT2D eigenvalue weighted by Crippen LogP contribution is -2.11. The molecule has 5 heterocycles. The van der Waals surface area contributed by atoms with Crippen molar-refractivity contribution in [1.29, 1.82) is 0 Å². The number of pyridine rings is 3. The van der Waals surface area contributed by atoms with E-state index in [1.807, 2.05) is 55.5 Å². The minimum atomic E-state index is -0.301. The number of benzene rings is 2. The number of carbonyl (C=O) groups excluding carboxylic acids is 1. The number of aromatic nitrogens is 6. The van der Waals surface area contributed by atoms with Crippen LogP contribution in [-0.4, -0.2) is 36.0 Å². The maximum absolute atomic E-state index is 14.2. The van der Waals surface area contributed by atoms with Crippen LogP contribution in [0.3, 0.4) is 0 Å². The number of hydrogen-bond donors (Lipinski definition) is 3. The SMILES string of the molecule is Cc1cc(F)cc(-c2nccc3[nH]c(-c4n[nH]c5ncc(-c6cncc(NC(=O)c7ccccc7)c6)cc45)cc23)c1. The first-order valence-electron chi connectivity index (χ1n) is 12.9. The number of aryl methyl sites for hydroxylation is 1. The van der Waals surface area contributed by atoms with Gasteiger partial charge in [0.1, 0.15) is 11.5 Å². The molecule has 0 saturated carbocycles. The second kappa shape index (κ2) is 9.80. The average Bonchev–Trinajstić information content (AvgIpc) is 3.61. The van der Waals surface area contributed by atoms with Crippen molar-refractivity contribution in [2.45, 2.75) is 6.92 Å². The van der Waals surface area contributed by atoms with Crippen LogP contribution in [0.2, 0.25) is 0 Å². The monoisotopic (exact) mass is 539 g/mol. The molecule has 7 aromatic rings. The van der Waals surface area contributed by atoms with Crippen LogP contribution in [-0.2, 0) is 0 Å². The van der Waals surface area contributed by atoms with Crippen LogP contribution in [0.5, 0.6) is 0 Å². The number of anilines is 1. The zero-order chi connectivity index (χ0) is 27.9. The molecule has 0 fully saturated rings. The summed E-state index contributed by atoms with van der Waals surface area (Å²) in [5, 5.41) is 12.1. The average molecular weight is 540 g/mol. The van der Waals surface area contributed by atoms with E-state index in [0.29, 0.717) is 33.8 Å². The van der Waals surface area contributed by atoms with Crippen LogP contribution < -0.4 is 5.32 Å². The van der Waals surface area contributed by atoms with Crippen molar-refractivity contribution in [3.63, 3.8) is 0 Å². The largest absolute Gasteiger partial charge is 0.353 e. The lowest BCUT2D eigenvalue weighted by atomic mass is 10.0. The molecule has 7 rings (SSSR count). The predicted molar refractivity (Wildman–Crippen MR) is 157 cm³/mol. The van der Waals surface area contributed by atoms with Crippen molar-refractivity contribution in [3.8, 4) is 33.8 Å². The maximum atomic E-state index is 14.2. The van der Waals surface area contributed by atoms with Crippen LogP contribution >= 0.6 is 0 Å². The summed E-state index contributed by atoms with van der Waals surface area (Å²) in [4.78, 5) is 29.5. The Balaban J connectivity index is 1.25. The second-order valence-corrected chi connectivity index (χ2v) is 9.80. The third-order valence-corrected chi connectivity index (χ3v) is 6.90. The van der Waals surface area contributed by atoms with Crippen molar-refractivity contribution in [3.05, 3.63) is 115 Å². The van der Waals surface area contributed by atoms with E-state index in [2.05, 4.69) is 35.5 Å². The molecule has 0 radical (unpaired) electrons. The van der Waals surface area contributed by atoms with E-state index in [9.17, 15) is 9.18 Å². The maximum Gasteiger partial charge on any atom is 0.255 e. The molecule has 0 spiro atoms. The minimum Gasteiger partial charge on any atom is -0.353 e. The van der Waals surface area contributed by atoms with Crippen molar-refractivity contribution in [1.82, 2.24) is 30.1 Å². The molecular formula is C32H22FN7O. The molecule has 0 saturated heterocycles. The van der Waals surface area contributed by atoms with Gasteiger partial charge in [0, 0.05) is 57.1 Å². The standard InChI is InChI=1S/C32H22FN7O/c1-18-9-20(11-23(33)10-18)29-25-14-28(38-27(25)7-8-35-29)30-26-13-22(16-36-31(26)40-39-30)21-12-24(17-34-15-21)37-32(41)19-5-3-2-4-6-19/h2-17,38H,1H3,(H,37,41)(H,36,39,40). The Bertz CT molecular complexity index is 2060. The fraction of sp³-hybridized carbons (Fsp3) is 0.0312. The molecule has 2 aromatic carbocycles. The van der Waals surface area contributed by atoms with E-state index in [4.69, 9.17) is 0 Å². The molecule has 8 nitrogen and oxygen atoms in total. The predicted octanol–water partition coefficient (Wildman–Crippen LogP) is 6.93.